The molecule has 1 atom stereocenters. The fourth-order valence-electron chi connectivity index (χ4n) is 4.66. The summed E-state index contributed by atoms with van der Waals surface area (Å²) in [6.07, 6.45) is 5.32. The summed E-state index contributed by atoms with van der Waals surface area (Å²) >= 11 is 12.4. The zero-order valence-corrected chi connectivity index (χ0v) is 17.5. The first-order valence-corrected chi connectivity index (χ1v) is 10.5. The molecule has 2 aliphatic rings. The maximum Gasteiger partial charge on any atom is 0.271 e. The summed E-state index contributed by atoms with van der Waals surface area (Å²) in [6.45, 7) is 1.47. The number of rotatable bonds is 3. The number of carbonyl (C=O) groups is 1. The van der Waals surface area contributed by atoms with Crippen molar-refractivity contribution in [3.63, 3.8) is 0 Å². The molecule has 0 bridgehead atoms. The van der Waals surface area contributed by atoms with Gasteiger partial charge in [0, 0.05) is 24.7 Å². The van der Waals surface area contributed by atoms with Crippen LogP contribution in [-0.4, -0.2) is 35.0 Å². The molecule has 2 aromatic rings. The standard InChI is InChI=1S/C20H24Cl2N6O/c21-12-4-1-3-11(14(12)22)15-17(24)27-19(16(26-15)18(25)29)28-9-7-20(8-10-28)6-2-5-13(20)23/h1,3-4,13H,2,5-10,23H2,(H2,24,27)(H2,25,29)/t13-/m1/s1. The van der Waals surface area contributed by atoms with E-state index in [2.05, 4.69) is 9.97 Å². The third-order valence-electron chi connectivity index (χ3n) is 6.38. The third kappa shape index (κ3) is 3.52. The van der Waals surface area contributed by atoms with Gasteiger partial charge in [0.1, 0.15) is 5.69 Å². The van der Waals surface area contributed by atoms with Gasteiger partial charge < -0.3 is 22.1 Å². The van der Waals surface area contributed by atoms with Gasteiger partial charge in [0.2, 0.25) is 0 Å². The Balaban J connectivity index is 1.69. The van der Waals surface area contributed by atoms with Gasteiger partial charge in [0.25, 0.3) is 5.91 Å². The molecule has 7 nitrogen and oxygen atoms in total. The summed E-state index contributed by atoms with van der Waals surface area (Å²) < 4.78 is 0. The first-order valence-electron chi connectivity index (χ1n) is 9.74. The highest BCUT2D eigenvalue weighted by atomic mass is 35.5. The number of anilines is 2. The van der Waals surface area contributed by atoms with Gasteiger partial charge in [-0.3, -0.25) is 4.79 Å². The molecule has 0 unspecified atom stereocenters. The molecule has 1 aliphatic carbocycles. The highest BCUT2D eigenvalue weighted by molar-refractivity contribution is 6.43. The van der Waals surface area contributed by atoms with E-state index in [4.69, 9.17) is 40.4 Å². The Hall–Kier alpha value is -2.09. The second-order valence-electron chi connectivity index (χ2n) is 7.94. The van der Waals surface area contributed by atoms with E-state index in [1.54, 1.807) is 18.2 Å². The number of benzene rings is 1. The van der Waals surface area contributed by atoms with Crippen molar-refractivity contribution in [3.8, 4) is 11.3 Å². The summed E-state index contributed by atoms with van der Waals surface area (Å²) in [4.78, 5) is 23.2. The number of piperidine rings is 1. The lowest BCUT2D eigenvalue weighted by atomic mass is 9.74. The number of nitrogen functional groups attached to an aromatic ring is 1. The van der Waals surface area contributed by atoms with Gasteiger partial charge in [-0.25, -0.2) is 9.97 Å². The van der Waals surface area contributed by atoms with Crippen LogP contribution in [-0.2, 0) is 0 Å². The average molecular weight is 435 g/mol. The predicted molar refractivity (Wildman–Crippen MR) is 116 cm³/mol. The number of hydrogen-bond donors (Lipinski definition) is 3. The molecule has 154 valence electrons. The maximum absolute atomic E-state index is 12.2. The quantitative estimate of drug-likeness (QED) is 0.680. The highest BCUT2D eigenvalue weighted by Gasteiger charge is 2.43. The Labute approximate surface area is 179 Å². The van der Waals surface area contributed by atoms with Gasteiger partial charge in [-0.1, -0.05) is 41.8 Å². The minimum absolute atomic E-state index is 0.0805. The molecule has 2 fully saturated rings. The van der Waals surface area contributed by atoms with Gasteiger partial charge in [-0.15, -0.1) is 0 Å². The van der Waals surface area contributed by atoms with Crippen LogP contribution < -0.4 is 22.1 Å². The van der Waals surface area contributed by atoms with Crippen LogP contribution in [0.1, 0.15) is 42.6 Å². The molecule has 1 saturated heterocycles. The normalized spacial score (nSPS) is 20.9. The van der Waals surface area contributed by atoms with Gasteiger partial charge >= 0.3 is 0 Å². The van der Waals surface area contributed by atoms with E-state index in [0.717, 1.165) is 38.8 Å². The first kappa shape index (κ1) is 20.2. The van der Waals surface area contributed by atoms with Crippen molar-refractivity contribution in [2.75, 3.05) is 23.7 Å². The van der Waals surface area contributed by atoms with E-state index in [1.165, 1.54) is 6.42 Å². The van der Waals surface area contributed by atoms with Crippen molar-refractivity contribution in [1.82, 2.24) is 9.97 Å². The van der Waals surface area contributed by atoms with Crippen molar-refractivity contribution in [1.29, 1.82) is 0 Å². The zero-order valence-electron chi connectivity index (χ0n) is 16.0. The number of carbonyl (C=O) groups excluding carboxylic acids is 1. The molecule has 1 aliphatic heterocycles. The lowest BCUT2D eigenvalue weighted by Crippen LogP contribution is -2.47. The number of aromatic nitrogens is 2. The summed E-state index contributed by atoms with van der Waals surface area (Å²) in [5.74, 6) is -0.0740. The number of nitrogens with two attached hydrogens (primary N) is 3. The van der Waals surface area contributed by atoms with E-state index in [0.29, 0.717) is 27.1 Å². The number of nitrogens with zero attached hydrogens (tertiary/aromatic N) is 3. The van der Waals surface area contributed by atoms with E-state index in [9.17, 15) is 4.79 Å². The molecule has 1 saturated carbocycles. The van der Waals surface area contributed by atoms with Gasteiger partial charge in [0.05, 0.1) is 10.0 Å². The Bertz CT molecular complexity index is 958. The van der Waals surface area contributed by atoms with Crippen LogP contribution in [0.15, 0.2) is 18.2 Å². The Morgan fingerprint density at radius 2 is 1.90 bits per heavy atom. The highest BCUT2D eigenvalue weighted by Crippen LogP contribution is 2.46. The van der Waals surface area contributed by atoms with E-state index in [1.807, 2.05) is 4.90 Å². The summed E-state index contributed by atoms with van der Waals surface area (Å²) in [5, 5.41) is 0.665. The van der Waals surface area contributed by atoms with Crippen molar-refractivity contribution < 1.29 is 4.79 Å². The van der Waals surface area contributed by atoms with Gasteiger partial charge in [0.15, 0.2) is 17.3 Å². The lowest BCUT2D eigenvalue weighted by Gasteiger charge is -2.42. The van der Waals surface area contributed by atoms with E-state index >= 15 is 0 Å². The molecule has 4 rings (SSSR count). The van der Waals surface area contributed by atoms with Crippen LogP contribution in [0, 0.1) is 5.41 Å². The summed E-state index contributed by atoms with van der Waals surface area (Å²) in [7, 11) is 0. The van der Waals surface area contributed by atoms with Crippen LogP contribution in [0.3, 0.4) is 0 Å². The molecule has 1 amide bonds. The first-order chi connectivity index (χ1) is 13.8. The number of amides is 1. The fraction of sp³-hybridized carbons (Fsp3) is 0.450. The van der Waals surface area contributed by atoms with Crippen molar-refractivity contribution in [3.05, 3.63) is 33.9 Å². The Kier molecular flexibility index (Phi) is 5.31. The van der Waals surface area contributed by atoms with Crippen molar-refractivity contribution in [2.24, 2.45) is 16.9 Å². The Morgan fingerprint density at radius 3 is 2.52 bits per heavy atom. The number of primary amides is 1. The molecule has 6 N–H and O–H groups in total. The van der Waals surface area contributed by atoms with E-state index < -0.39 is 5.91 Å². The largest absolute Gasteiger partial charge is 0.382 e. The summed E-state index contributed by atoms with van der Waals surface area (Å²) in [6, 6.07) is 5.36. The maximum atomic E-state index is 12.2. The van der Waals surface area contributed by atoms with Gasteiger partial charge in [-0.2, -0.15) is 0 Å². The van der Waals surface area contributed by atoms with Crippen LogP contribution >= 0.6 is 23.2 Å². The lowest BCUT2D eigenvalue weighted by molar-refractivity contribution is 0.0995. The van der Waals surface area contributed by atoms with Crippen LogP contribution in [0.25, 0.3) is 11.3 Å². The van der Waals surface area contributed by atoms with Crippen LogP contribution in [0.4, 0.5) is 11.6 Å². The minimum Gasteiger partial charge on any atom is -0.382 e. The van der Waals surface area contributed by atoms with Crippen molar-refractivity contribution >= 4 is 40.7 Å². The molecule has 0 radical (unpaired) electrons. The summed E-state index contributed by atoms with van der Waals surface area (Å²) in [5.41, 5.74) is 19.3. The predicted octanol–water partition coefficient (Wildman–Crippen LogP) is 3.23. The molecular weight excluding hydrogens is 411 g/mol. The fourth-order valence-corrected chi connectivity index (χ4v) is 5.05. The zero-order chi connectivity index (χ0) is 20.8. The monoisotopic (exact) mass is 434 g/mol. The topological polar surface area (TPSA) is 124 Å². The molecule has 9 heteroatoms. The molecular formula is C20H24Cl2N6O. The minimum atomic E-state index is -0.662. The third-order valence-corrected chi connectivity index (χ3v) is 7.20. The Morgan fingerprint density at radius 1 is 1.17 bits per heavy atom. The van der Waals surface area contributed by atoms with Crippen LogP contribution in [0.5, 0.6) is 0 Å². The van der Waals surface area contributed by atoms with E-state index in [-0.39, 0.29) is 23.0 Å². The molecule has 1 spiro atoms. The SMILES string of the molecule is NC(=O)c1nc(-c2cccc(Cl)c2Cl)c(N)nc1N1CCC2(CCC[C@H]2N)CC1. The number of hydrogen-bond acceptors (Lipinski definition) is 6. The molecule has 1 aromatic heterocycles. The van der Waals surface area contributed by atoms with Crippen LogP contribution in [0.2, 0.25) is 10.0 Å². The van der Waals surface area contributed by atoms with Crippen molar-refractivity contribution in [2.45, 2.75) is 38.1 Å². The average Bonchev–Trinajstić information content (AvgIpc) is 3.04. The molecule has 1 aromatic carbocycles. The second-order valence-corrected chi connectivity index (χ2v) is 8.73. The van der Waals surface area contributed by atoms with Gasteiger partial charge in [-0.05, 0) is 37.2 Å². The smallest absolute Gasteiger partial charge is 0.271 e. The number of halogens is 2. The second kappa shape index (κ2) is 7.63. The molecule has 29 heavy (non-hydrogen) atoms. The molecule has 2 heterocycles.